The van der Waals surface area contributed by atoms with Crippen molar-refractivity contribution in [3.63, 3.8) is 0 Å². The van der Waals surface area contributed by atoms with Gasteiger partial charge in [0.2, 0.25) is 5.91 Å². The number of carboxylic acids is 1. The molecule has 0 aromatic rings. The molecule has 0 saturated carbocycles. The van der Waals surface area contributed by atoms with Crippen LogP contribution < -0.4 is 0 Å². The molecule has 0 aliphatic carbocycles. The normalized spacial score (nSPS) is 11.6. The molecule has 1 amide bonds. The van der Waals surface area contributed by atoms with Crippen LogP contribution in [0, 0.1) is 5.41 Å². The van der Waals surface area contributed by atoms with Crippen molar-refractivity contribution in [3.05, 3.63) is 0 Å². The van der Waals surface area contributed by atoms with Gasteiger partial charge in [0.05, 0.1) is 5.41 Å². The van der Waals surface area contributed by atoms with Gasteiger partial charge in [-0.2, -0.15) is 0 Å². The maximum absolute atomic E-state index is 11.9. The van der Waals surface area contributed by atoms with E-state index >= 15 is 0 Å². The molecular formula is C12H23NO3. The van der Waals surface area contributed by atoms with Crippen LogP contribution in [0.4, 0.5) is 0 Å². The summed E-state index contributed by atoms with van der Waals surface area (Å²) in [6.07, 6.45) is 1.84. The Labute approximate surface area is 97.6 Å². The molecule has 0 spiro atoms. The average molecular weight is 229 g/mol. The van der Waals surface area contributed by atoms with Crippen molar-refractivity contribution >= 4 is 11.9 Å². The lowest BCUT2D eigenvalue weighted by molar-refractivity contribution is -0.151. The number of rotatable bonds is 6. The highest BCUT2D eigenvalue weighted by molar-refractivity contribution is 5.84. The summed E-state index contributed by atoms with van der Waals surface area (Å²) in [6, 6.07) is 0.206. The molecule has 94 valence electrons. The predicted octanol–water partition coefficient (Wildman–Crippen LogP) is 2.13. The number of nitrogens with zero attached hydrogens (tertiary/aromatic N) is 1. The van der Waals surface area contributed by atoms with Gasteiger partial charge >= 0.3 is 5.97 Å². The molecule has 4 nitrogen and oxygen atoms in total. The van der Waals surface area contributed by atoms with Crippen molar-refractivity contribution in [3.8, 4) is 0 Å². The smallest absolute Gasteiger partial charge is 0.309 e. The summed E-state index contributed by atoms with van der Waals surface area (Å²) in [5.41, 5.74) is -0.989. The third-order valence-corrected chi connectivity index (χ3v) is 3.06. The zero-order valence-corrected chi connectivity index (χ0v) is 10.9. The molecule has 0 radical (unpaired) electrons. The molecule has 0 aromatic heterocycles. The predicted molar refractivity (Wildman–Crippen MR) is 63.2 cm³/mol. The standard InChI is InChI=1S/C12H23NO3/c1-6-9(7-2)13(5)10(14)8-12(3,4)11(15)16/h9H,6-8H2,1-5H3,(H,15,16). The van der Waals surface area contributed by atoms with E-state index in [4.69, 9.17) is 5.11 Å². The molecular weight excluding hydrogens is 206 g/mol. The lowest BCUT2D eigenvalue weighted by Crippen LogP contribution is -2.40. The van der Waals surface area contributed by atoms with Crippen molar-refractivity contribution in [1.29, 1.82) is 0 Å². The Morgan fingerprint density at radius 3 is 2.00 bits per heavy atom. The lowest BCUT2D eigenvalue weighted by Gasteiger charge is -2.29. The zero-order chi connectivity index (χ0) is 12.9. The Balaban J connectivity index is 4.52. The summed E-state index contributed by atoms with van der Waals surface area (Å²) in [6.45, 7) is 7.21. The van der Waals surface area contributed by atoms with E-state index in [0.717, 1.165) is 12.8 Å². The van der Waals surface area contributed by atoms with Crippen LogP contribution >= 0.6 is 0 Å². The first-order valence-electron chi connectivity index (χ1n) is 5.75. The summed E-state index contributed by atoms with van der Waals surface area (Å²) in [5, 5.41) is 8.95. The Kier molecular flexibility index (Phi) is 5.48. The van der Waals surface area contributed by atoms with E-state index < -0.39 is 11.4 Å². The van der Waals surface area contributed by atoms with E-state index in [-0.39, 0.29) is 18.4 Å². The number of aliphatic carboxylic acids is 1. The van der Waals surface area contributed by atoms with Gasteiger partial charge in [-0.1, -0.05) is 13.8 Å². The highest BCUT2D eigenvalue weighted by Gasteiger charge is 2.32. The molecule has 0 aliphatic heterocycles. The van der Waals surface area contributed by atoms with E-state index in [0.29, 0.717) is 0 Å². The molecule has 0 unspecified atom stereocenters. The maximum Gasteiger partial charge on any atom is 0.309 e. The van der Waals surface area contributed by atoms with Crippen molar-refractivity contribution in [2.45, 2.75) is 53.0 Å². The highest BCUT2D eigenvalue weighted by atomic mass is 16.4. The Morgan fingerprint density at radius 2 is 1.69 bits per heavy atom. The average Bonchev–Trinajstić information content (AvgIpc) is 2.18. The SMILES string of the molecule is CCC(CC)N(C)C(=O)CC(C)(C)C(=O)O. The fourth-order valence-electron chi connectivity index (χ4n) is 1.62. The van der Waals surface area contributed by atoms with Gasteiger partial charge in [-0.05, 0) is 26.7 Å². The summed E-state index contributed by atoms with van der Waals surface area (Å²) in [5.74, 6) is -1.03. The van der Waals surface area contributed by atoms with Gasteiger partial charge in [-0.3, -0.25) is 9.59 Å². The van der Waals surface area contributed by atoms with E-state index in [1.54, 1.807) is 25.8 Å². The summed E-state index contributed by atoms with van der Waals surface area (Å²) >= 11 is 0. The molecule has 0 heterocycles. The molecule has 1 N–H and O–H groups in total. The van der Waals surface area contributed by atoms with Crippen LogP contribution in [-0.2, 0) is 9.59 Å². The first kappa shape index (κ1) is 14.9. The van der Waals surface area contributed by atoms with Crippen LogP contribution in [0.2, 0.25) is 0 Å². The minimum Gasteiger partial charge on any atom is -0.481 e. The largest absolute Gasteiger partial charge is 0.481 e. The van der Waals surface area contributed by atoms with Gasteiger partial charge in [0.1, 0.15) is 0 Å². The second kappa shape index (κ2) is 5.87. The molecule has 0 bridgehead atoms. The molecule has 0 aliphatic rings. The summed E-state index contributed by atoms with van der Waals surface area (Å²) < 4.78 is 0. The molecule has 0 saturated heterocycles. The number of carboxylic acid groups (broad SMARTS) is 1. The van der Waals surface area contributed by atoms with Gasteiger partial charge in [-0.15, -0.1) is 0 Å². The molecule has 0 rings (SSSR count). The van der Waals surface area contributed by atoms with Gasteiger partial charge in [-0.25, -0.2) is 0 Å². The zero-order valence-electron chi connectivity index (χ0n) is 10.9. The van der Waals surface area contributed by atoms with Crippen LogP contribution in [0.3, 0.4) is 0 Å². The molecule has 0 aromatic carbocycles. The first-order valence-corrected chi connectivity index (χ1v) is 5.75. The molecule has 16 heavy (non-hydrogen) atoms. The molecule has 0 atom stereocenters. The van der Waals surface area contributed by atoms with Crippen molar-refractivity contribution in [2.75, 3.05) is 7.05 Å². The van der Waals surface area contributed by atoms with E-state index in [1.165, 1.54) is 0 Å². The second-order valence-electron chi connectivity index (χ2n) is 4.84. The minimum atomic E-state index is -0.989. The number of amides is 1. The van der Waals surface area contributed by atoms with Crippen LogP contribution in [0.1, 0.15) is 47.0 Å². The van der Waals surface area contributed by atoms with Crippen LogP contribution in [0.5, 0.6) is 0 Å². The van der Waals surface area contributed by atoms with Gasteiger partial charge in [0.25, 0.3) is 0 Å². The van der Waals surface area contributed by atoms with Gasteiger partial charge in [0.15, 0.2) is 0 Å². The number of hydrogen-bond donors (Lipinski definition) is 1. The third kappa shape index (κ3) is 3.83. The van der Waals surface area contributed by atoms with Crippen LogP contribution in [0.15, 0.2) is 0 Å². The number of hydrogen-bond acceptors (Lipinski definition) is 2. The van der Waals surface area contributed by atoms with E-state index in [9.17, 15) is 9.59 Å². The van der Waals surface area contributed by atoms with E-state index in [2.05, 4.69) is 0 Å². The Morgan fingerprint density at radius 1 is 1.25 bits per heavy atom. The Bertz CT molecular complexity index is 257. The number of carbonyl (C=O) groups is 2. The van der Waals surface area contributed by atoms with Gasteiger partial charge < -0.3 is 10.0 Å². The van der Waals surface area contributed by atoms with Crippen molar-refractivity contribution in [2.24, 2.45) is 5.41 Å². The second-order valence-corrected chi connectivity index (χ2v) is 4.84. The summed E-state index contributed by atoms with van der Waals surface area (Å²) in [7, 11) is 1.75. The van der Waals surface area contributed by atoms with Crippen molar-refractivity contribution in [1.82, 2.24) is 4.90 Å². The van der Waals surface area contributed by atoms with Gasteiger partial charge in [0, 0.05) is 19.5 Å². The minimum absolute atomic E-state index is 0.0509. The van der Waals surface area contributed by atoms with Crippen LogP contribution in [-0.4, -0.2) is 35.0 Å². The maximum atomic E-state index is 11.9. The Hall–Kier alpha value is -1.06. The quantitative estimate of drug-likeness (QED) is 0.759. The number of carbonyl (C=O) groups excluding carboxylic acids is 1. The van der Waals surface area contributed by atoms with Crippen LogP contribution in [0.25, 0.3) is 0 Å². The fraction of sp³-hybridized carbons (Fsp3) is 0.833. The molecule has 0 fully saturated rings. The topological polar surface area (TPSA) is 57.6 Å². The first-order chi connectivity index (χ1) is 7.26. The third-order valence-electron chi connectivity index (χ3n) is 3.06. The lowest BCUT2D eigenvalue weighted by atomic mass is 9.88. The highest BCUT2D eigenvalue weighted by Crippen LogP contribution is 2.22. The van der Waals surface area contributed by atoms with E-state index in [1.807, 2.05) is 13.8 Å². The monoisotopic (exact) mass is 229 g/mol. The summed E-state index contributed by atoms with van der Waals surface area (Å²) in [4.78, 5) is 24.5. The van der Waals surface area contributed by atoms with Crippen molar-refractivity contribution < 1.29 is 14.7 Å². The molecule has 4 heteroatoms. The fourth-order valence-corrected chi connectivity index (χ4v) is 1.62.